The van der Waals surface area contributed by atoms with Crippen molar-refractivity contribution < 1.29 is 40.8 Å². The standard InChI is InChI=1S/C7H8F2O7S/c1-3-4(2-5(10)15-3)16-6(11)7(8,9)17(12,13)14/h3-4H,2H2,1H3,(H,12,13,14). The van der Waals surface area contributed by atoms with Gasteiger partial charge in [0.25, 0.3) is 0 Å². The van der Waals surface area contributed by atoms with Crippen LogP contribution in [0.15, 0.2) is 0 Å². The highest BCUT2D eigenvalue weighted by Gasteiger charge is 2.55. The topological polar surface area (TPSA) is 107 Å². The Morgan fingerprint density at radius 3 is 2.47 bits per heavy atom. The van der Waals surface area contributed by atoms with E-state index in [0.717, 1.165) is 0 Å². The van der Waals surface area contributed by atoms with Gasteiger partial charge in [0, 0.05) is 0 Å². The molecule has 7 nitrogen and oxygen atoms in total. The van der Waals surface area contributed by atoms with E-state index in [4.69, 9.17) is 4.55 Å². The zero-order chi connectivity index (χ0) is 13.4. The summed E-state index contributed by atoms with van der Waals surface area (Å²) in [4.78, 5) is 21.6. The molecule has 0 radical (unpaired) electrons. The predicted octanol–water partition coefficient (Wildman–Crippen LogP) is -0.286. The van der Waals surface area contributed by atoms with E-state index in [1.165, 1.54) is 6.92 Å². The molecule has 1 heterocycles. The van der Waals surface area contributed by atoms with Crippen molar-refractivity contribution in [3.8, 4) is 0 Å². The second kappa shape index (κ2) is 4.18. The van der Waals surface area contributed by atoms with Gasteiger partial charge in [-0.2, -0.15) is 17.2 Å². The summed E-state index contributed by atoms with van der Waals surface area (Å²) in [5.41, 5.74) is 0. The van der Waals surface area contributed by atoms with Gasteiger partial charge in [-0.3, -0.25) is 9.35 Å². The van der Waals surface area contributed by atoms with E-state index in [-0.39, 0.29) is 0 Å². The maximum absolute atomic E-state index is 12.8. The van der Waals surface area contributed by atoms with Crippen LogP contribution < -0.4 is 0 Å². The molecule has 0 spiro atoms. The number of ether oxygens (including phenoxy) is 2. The van der Waals surface area contributed by atoms with E-state index in [1.807, 2.05) is 0 Å². The van der Waals surface area contributed by atoms with Gasteiger partial charge in [0.1, 0.15) is 12.2 Å². The van der Waals surface area contributed by atoms with Gasteiger partial charge in [-0.25, -0.2) is 4.79 Å². The molecule has 1 N–H and O–H groups in total. The lowest BCUT2D eigenvalue weighted by atomic mass is 10.2. The second-order valence-corrected chi connectivity index (χ2v) is 4.80. The van der Waals surface area contributed by atoms with E-state index in [2.05, 4.69) is 9.47 Å². The first-order valence-electron chi connectivity index (χ1n) is 4.31. The number of halogens is 2. The zero-order valence-electron chi connectivity index (χ0n) is 8.42. The third kappa shape index (κ3) is 2.69. The SMILES string of the molecule is CC1OC(=O)CC1OC(=O)C(F)(F)S(=O)(=O)O. The minimum atomic E-state index is -5.91. The molecule has 10 heteroatoms. The van der Waals surface area contributed by atoms with Crippen molar-refractivity contribution in [1.29, 1.82) is 0 Å². The molecule has 1 rings (SSSR count). The molecule has 0 aromatic carbocycles. The first-order chi connectivity index (χ1) is 7.55. The summed E-state index contributed by atoms with van der Waals surface area (Å²) >= 11 is 0. The summed E-state index contributed by atoms with van der Waals surface area (Å²) in [5.74, 6) is -3.21. The number of hydrogen-bond donors (Lipinski definition) is 1. The molecule has 17 heavy (non-hydrogen) atoms. The van der Waals surface area contributed by atoms with E-state index in [0.29, 0.717) is 0 Å². The number of cyclic esters (lactones) is 1. The lowest BCUT2D eigenvalue weighted by Gasteiger charge is -2.17. The van der Waals surface area contributed by atoms with Crippen molar-refractivity contribution in [2.45, 2.75) is 30.8 Å². The minimum Gasteiger partial charge on any atom is -0.459 e. The van der Waals surface area contributed by atoms with Gasteiger partial charge < -0.3 is 9.47 Å². The molecule has 2 atom stereocenters. The molecular weight excluding hydrogens is 266 g/mol. The molecule has 2 unspecified atom stereocenters. The van der Waals surface area contributed by atoms with Crippen LogP contribution in [0.25, 0.3) is 0 Å². The van der Waals surface area contributed by atoms with E-state index < -0.39 is 45.9 Å². The summed E-state index contributed by atoms with van der Waals surface area (Å²) in [6, 6.07) is 0. The molecule has 1 saturated heterocycles. The minimum absolute atomic E-state index is 0.450. The van der Waals surface area contributed by atoms with Gasteiger partial charge in [-0.15, -0.1) is 0 Å². The monoisotopic (exact) mass is 274 g/mol. The van der Waals surface area contributed by atoms with Crippen molar-refractivity contribution in [1.82, 2.24) is 0 Å². The van der Waals surface area contributed by atoms with Gasteiger partial charge in [0.05, 0.1) is 6.42 Å². The van der Waals surface area contributed by atoms with Gasteiger partial charge in [0.15, 0.2) is 0 Å². The number of hydrogen-bond acceptors (Lipinski definition) is 6. The van der Waals surface area contributed by atoms with Gasteiger partial charge >= 0.3 is 27.3 Å². The number of carbonyl (C=O) groups excluding carboxylic acids is 2. The Balaban J connectivity index is 2.77. The lowest BCUT2D eigenvalue weighted by Crippen LogP contribution is -2.41. The fourth-order valence-corrected chi connectivity index (χ4v) is 1.37. The third-order valence-corrected chi connectivity index (χ3v) is 2.84. The van der Waals surface area contributed by atoms with Crippen LogP contribution in [-0.2, 0) is 29.2 Å². The molecule has 0 bridgehead atoms. The van der Waals surface area contributed by atoms with E-state index in [1.54, 1.807) is 0 Å². The van der Waals surface area contributed by atoms with Crippen LogP contribution in [-0.4, -0.2) is 42.4 Å². The van der Waals surface area contributed by atoms with Crippen molar-refractivity contribution in [3.63, 3.8) is 0 Å². The first kappa shape index (κ1) is 13.8. The zero-order valence-corrected chi connectivity index (χ0v) is 9.24. The van der Waals surface area contributed by atoms with Crippen LogP contribution in [0, 0.1) is 0 Å². The molecule has 1 aliphatic heterocycles. The van der Waals surface area contributed by atoms with Gasteiger partial charge in [-0.05, 0) is 6.92 Å². The Labute approximate surface area is 94.4 Å². The molecule has 0 aliphatic carbocycles. The average molecular weight is 274 g/mol. The third-order valence-electron chi connectivity index (χ3n) is 2.03. The Kier molecular flexibility index (Phi) is 3.39. The smallest absolute Gasteiger partial charge is 0.459 e. The Bertz CT molecular complexity index is 443. The summed E-state index contributed by atoms with van der Waals surface area (Å²) in [6.45, 7) is 1.29. The van der Waals surface area contributed by atoms with Crippen LogP contribution >= 0.6 is 0 Å². The molecule has 0 amide bonds. The molecule has 1 fully saturated rings. The fraction of sp³-hybridized carbons (Fsp3) is 0.714. The molecule has 0 aromatic rings. The molecule has 0 aromatic heterocycles. The summed E-state index contributed by atoms with van der Waals surface area (Å²) in [7, 11) is -5.91. The van der Waals surface area contributed by atoms with Crippen LogP contribution in [0.4, 0.5) is 8.78 Å². The first-order valence-corrected chi connectivity index (χ1v) is 5.75. The average Bonchev–Trinajstić information content (AvgIpc) is 2.43. The summed E-state index contributed by atoms with van der Waals surface area (Å²) in [5, 5.41) is -5.07. The van der Waals surface area contributed by atoms with Crippen molar-refractivity contribution in [3.05, 3.63) is 0 Å². The maximum Gasteiger partial charge on any atom is 0.465 e. The van der Waals surface area contributed by atoms with Crippen LogP contribution in [0.3, 0.4) is 0 Å². The number of esters is 2. The number of alkyl halides is 2. The highest BCUT2D eigenvalue weighted by molar-refractivity contribution is 7.87. The fourth-order valence-electron chi connectivity index (χ4n) is 1.11. The normalized spacial score (nSPS) is 25.5. The van der Waals surface area contributed by atoms with E-state index in [9.17, 15) is 26.8 Å². The van der Waals surface area contributed by atoms with E-state index >= 15 is 0 Å². The Morgan fingerprint density at radius 2 is 2.12 bits per heavy atom. The second-order valence-electron chi connectivity index (χ2n) is 3.33. The van der Waals surface area contributed by atoms with Gasteiger partial charge in [-0.1, -0.05) is 0 Å². The Hall–Kier alpha value is -1.29. The predicted molar refractivity (Wildman–Crippen MR) is 46.5 cm³/mol. The molecular formula is C7H8F2O7S. The summed E-state index contributed by atoms with van der Waals surface area (Å²) in [6.07, 6.45) is -2.71. The molecule has 1 aliphatic rings. The molecule has 0 saturated carbocycles. The van der Waals surface area contributed by atoms with Crippen LogP contribution in [0.5, 0.6) is 0 Å². The lowest BCUT2D eigenvalue weighted by molar-refractivity contribution is -0.169. The van der Waals surface area contributed by atoms with Crippen LogP contribution in [0.1, 0.15) is 13.3 Å². The largest absolute Gasteiger partial charge is 0.465 e. The number of rotatable bonds is 3. The van der Waals surface area contributed by atoms with Crippen LogP contribution in [0.2, 0.25) is 0 Å². The van der Waals surface area contributed by atoms with Crippen molar-refractivity contribution in [2.75, 3.05) is 0 Å². The maximum atomic E-state index is 12.8. The molecule has 98 valence electrons. The van der Waals surface area contributed by atoms with Gasteiger partial charge in [0.2, 0.25) is 0 Å². The van der Waals surface area contributed by atoms with Crippen molar-refractivity contribution >= 4 is 22.1 Å². The quantitative estimate of drug-likeness (QED) is 0.556. The Morgan fingerprint density at radius 1 is 1.59 bits per heavy atom. The highest BCUT2D eigenvalue weighted by Crippen LogP contribution is 2.26. The van der Waals surface area contributed by atoms with Crippen molar-refractivity contribution in [2.24, 2.45) is 0 Å². The highest BCUT2D eigenvalue weighted by atomic mass is 32.2. The summed E-state index contributed by atoms with van der Waals surface area (Å²) < 4.78 is 62.7. The number of carbonyl (C=O) groups is 2.